The van der Waals surface area contributed by atoms with Gasteiger partial charge in [0.2, 0.25) is 0 Å². The minimum atomic E-state index is -1.78. The Bertz CT molecular complexity index is 799. The first kappa shape index (κ1) is 22.8. The van der Waals surface area contributed by atoms with Crippen molar-refractivity contribution in [1.29, 1.82) is 0 Å². The molecule has 1 aromatic carbocycles. The van der Waals surface area contributed by atoms with Crippen LogP contribution in [0.2, 0.25) is 0 Å². The molecular weight excluding hydrogens is 393 g/mol. The van der Waals surface area contributed by atoms with Crippen molar-refractivity contribution in [2.24, 2.45) is 11.8 Å². The third kappa shape index (κ3) is 6.54. The largest absolute Gasteiger partial charge is 0.466 e. The van der Waals surface area contributed by atoms with Crippen molar-refractivity contribution in [1.82, 2.24) is 4.98 Å². The fourth-order valence-electron chi connectivity index (χ4n) is 2.99. The van der Waals surface area contributed by atoms with E-state index in [-0.39, 0.29) is 11.9 Å². The molecule has 0 saturated heterocycles. The van der Waals surface area contributed by atoms with Crippen LogP contribution in [0.4, 0.5) is 0 Å². The summed E-state index contributed by atoms with van der Waals surface area (Å²) in [4.78, 5) is 17.1. The van der Waals surface area contributed by atoms with E-state index < -0.39 is 19.6 Å². The van der Waals surface area contributed by atoms with Gasteiger partial charge in [0.15, 0.2) is 5.49 Å². The third-order valence-corrected chi connectivity index (χ3v) is 7.33. The van der Waals surface area contributed by atoms with Crippen LogP contribution in [-0.2, 0) is 18.8 Å². The summed E-state index contributed by atoms with van der Waals surface area (Å²) in [6.45, 7) is 8.41. The Kier molecular flexibility index (Phi) is 9.36. The number of fused-ring (bicyclic) bond motifs is 1. The molecule has 0 amide bonds. The summed E-state index contributed by atoms with van der Waals surface area (Å²) in [5.74, 6) is -1.22. The molecule has 0 N–H and O–H groups in total. The van der Waals surface area contributed by atoms with Crippen LogP contribution >= 0.6 is 19.6 Å². The Morgan fingerprint density at radius 3 is 2.57 bits per heavy atom. The van der Waals surface area contributed by atoms with Crippen LogP contribution in [0.5, 0.6) is 0 Å². The van der Waals surface area contributed by atoms with E-state index >= 15 is 0 Å². The van der Waals surface area contributed by atoms with Crippen molar-refractivity contribution in [3.8, 4) is 0 Å². The summed E-state index contributed by atoms with van der Waals surface area (Å²) in [5, 5.41) is 1.89. The first-order valence-corrected chi connectivity index (χ1v) is 12.2. The molecule has 7 heteroatoms. The molecule has 3 atom stereocenters. The number of rotatable bonds is 11. The number of aromatic nitrogens is 1. The summed E-state index contributed by atoms with van der Waals surface area (Å²) in [6, 6.07) is 11.8. The van der Waals surface area contributed by atoms with Gasteiger partial charge in [-0.25, -0.2) is 4.98 Å². The van der Waals surface area contributed by atoms with Gasteiger partial charge < -0.3 is 9.47 Å². The third-order valence-electron chi connectivity index (χ3n) is 4.19. The van der Waals surface area contributed by atoms with Crippen molar-refractivity contribution in [3.63, 3.8) is 0 Å². The van der Waals surface area contributed by atoms with Gasteiger partial charge in [0.1, 0.15) is 10.9 Å². The van der Waals surface area contributed by atoms with Crippen molar-refractivity contribution in [2.75, 3.05) is 18.7 Å². The minimum absolute atomic E-state index is 0.274. The molecule has 0 aliphatic heterocycles. The van der Waals surface area contributed by atoms with Crippen LogP contribution in [-0.4, -0.2) is 35.5 Å². The van der Waals surface area contributed by atoms with Gasteiger partial charge in [-0.2, -0.15) is 0 Å². The van der Waals surface area contributed by atoms with E-state index in [4.69, 9.17) is 9.47 Å². The lowest BCUT2D eigenvalue weighted by Gasteiger charge is -2.20. The number of carbonyl (C=O) groups excluding carboxylic acids is 1. The molecule has 2 rings (SSSR count). The van der Waals surface area contributed by atoms with Crippen LogP contribution in [0.25, 0.3) is 10.9 Å². The Morgan fingerprint density at radius 2 is 1.89 bits per heavy atom. The number of hydrogen-bond donors (Lipinski definition) is 0. The molecule has 0 spiro atoms. The van der Waals surface area contributed by atoms with Crippen LogP contribution in [0.15, 0.2) is 41.4 Å². The van der Waals surface area contributed by atoms with E-state index in [0.717, 1.165) is 15.9 Å². The van der Waals surface area contributed by atoms with E-state index in [1.165, 1.54) is 11.8 Å². The maximum Gasteiger partial charge on any atom is 0.382 e. The summed E-state index contributed by atoms with van der Waals surface area (Å²) in [6.07, 6.45) is 0.587. The van der Waals surface area contributed by atoms with Gasteiger partial charge in [0.25, 0.3) is 5.85 Å². The first-order valence-electron chi connectivity index (χ1n) is 9.66. The fraction of sp³-hybridized carbons (Fsp3) is 0.524. The zero-order chi connectivity index (χ0) is 20.5. The van der Waals surface area contributed by atoms with Crippen LogP contribution in [0.1, 0.15) is 34.1 Å². The van der Waals surface area contributed by atoms with Gasteiger partial charge in [-0.05, 0) is 38.3 Å². The van der Waals surface area contributed by atoms with Crippen molar-refractivity contribution < 1.29 is 18.8 Å². The van der Waals surface area contributed by atoms with Crippen molar-refractivity contribution in [3.05, 3.63) is 36.4 Å². The molecule has 1 aromatic heterocycles. The number of pyridine rings is 1. The summed E-state index contributed by atoms with van der Waals surface area (Å²) >= 11 is 1.43. The first-order chi connectivity index (χ1) is 13.5. The van der Waals surface area contributed by atoms with E-state index in [2.05, 4.69) is 4.98 Å². The van der Waals surface area contributed by atoms with Gasteiger partial charge in [-0.15, -0.1) is 0 Å². The molecule has 0 radical (unpaired) electrons. The highest BCUT2D eigenvalue weighted by atomic mass is 32.2. The average molecular weight is 423 g/mol. The summed E-state index contributed by atoms with van der Waals surface area (Å²) in [5.41, 5.74) is 1.26. The monoisotopic (exact) mass is 422 g/mol. The quantitative estimate of drug-likeness (QED) is 0.263. The number of esters is 1. The molecule has 5 nitrogen and oxygen atoms in total. The lowest BCUT2D eigenvalue weighted by atomic mass is 9.97. The van der Waals surface area contributed by atoms with Gasteiger partial charge in [0, 0.05) is 12.0 Å². The number of para-hydroxylation sites is 1. The highest BCUT2D eigenvalue weighted by Crippen LogP contribution is 2.41. The normalized spacial score (nSPS) is 14.1. The lowest BCUT2D eigenvalue weighted by molar-refractivity contribution is -0.152. The molecule has 0 aliphatic carbocycles. The van der Waals surface area contributed by atoms with E-state index in [1.54, 1.807) is 6.92 Å². The zero-order valence-corrected chi connectivity index (χ0v) is 18.7. The maximum atomic E-state index is 13.1. The van der Waals surface area contributed by atoms with Gasteiger partial charge in [-0.3, -0.25) is 4.79 Å². The average Bonchev–Trinajstić information content (AvgIpc) is 2.68. The molecule has 2 aromatic rings. The van der Waals surface area contributed by atoms with Gasteiger partial charge in [0.05, 0.1) is 12.1 Å². The maximum absolute atomic E-state index is 13.1. The number of hydrogen-bond acceptors (Lipinski definition) is 6. The van der Waals surface area contributed by atoms with E-state index in [9.17, 15) is 9.36 Å². The van der Waals surface area contributed by atoms with E-state index in [0.29, 0.717) is 25.1 Å². The Morgan fingerprint density at radius 1 is 1.14 bits per heavy atom. The van der Waals surface area contributed by atoms with Crippen LogP contribution < -0.4 is 0 Å². The molecular formula is C21H29NO4PS+. The van der Waals surface area contributed by atoms with E-state index in [1.807, 2.05) is 57.2 Å². The standard InChI is InChI=1S/C21H29NO4PS/c1-5-25-20(23)17(13-15(3)4)21(26-6-2)27(24)14-28-19-12-11-16-9-7-8-10-18(16)22-19/h7-12,15,17,21H,5-6,13-14H2,1-4H3/q+1. The van der Waals surface area contributed by atoms with Crippen LogP contribution in [0, 0.1) is 11.8 Å². The Labute approximate surface area is 172 Å². The highest BCUT2D eigenvalue weighted by Gasteiger charge is 2.44. The number of ether oxygens (including phenoxy) is 2. The number of thioether (sulfide) groups is 1. The molecule has 152 valence electrons. The lowest BCUT2D eigenvalue weighted by Crippen LogP contribution is -2.31. The minimum Gasteiger partial charge on any atom is -0.466 e. The molecule has 0 aliphatic rings. The molecule has 0 bridgehead atoms. The number of carbonyl (C=O) groups is 1. The Balaban J connectivity index is 2.11. The molecule has 28 heavy (non-hydrogen) atoms. The SMILES string of the molecule is CCOC(=O)C(CC(C)C)C(OCC)[P+](=O)CSc1ccc2ccccc2n1. The van der Waals surface area contributed by atoms with Crippen LogP contribution in [0.3, 0.4) is 0 Å². The second-order valence-corrected chi connectivity index (χ2v) is 9.95. The summed E-state index contributed by atoms with van der Waals surface area (Å²) < 4.78 is 24.1. The number of benzene rings is 1. The zero-order valence-electron chi connectivity index (χ0n) is 17.0. The highest BCUT2D eigenvalue weighted by molar-refractivity contribution is 8.03. The number of nitrogens with zero attached hydrogens (tertiary/aromatic N) is 1. The van der Waals surface area contributed by atoms with Gasteiger partial charge >= 0.3 is 13.8 Å². The Hall–Kier alpha value is -1.49. The van der Waals surface area contributed by atoms with Crippen molar-refractivity contribution >= 4 is 36.4 Å². The molecule has 1 heterocycles. The topological polar surface area (TPSA) is 65.5 Å². The predicted octanol–water partition coefficient (Wildman–Crippen LogP) is 5.70. The second-order valence-electron chi connectivity index (χ2n) is 6.87. The summed E-state index contributed by atoms with van der Waals surface area (Å²) in [7, 11) is -1.78. The second kappa shape index (κ2) is 11.5. The van der Waals surface area contributed by atoms with Crippen molar-refractivity contribution in [2.45, 2.75) is 45.0 Å². The van der Waals surface area contributed by atoms with Gasteiger partial charge in [-0.1, -0.05) is 54.4 Å². The molecule has 3 unspecified atom stereocenters. The molecule has 0 fully saturated rings. The molecule has 0 saturated carbocycles. The fourth-order valence-corrected chi connectivity index (χ4v) is 5.90. The smallest absolute Gasteiger partial charge is 0.382 e. The predicted molar refractivity (Wildman–Crippen MR) is 115 cm³/mol.